The number of hydrogen-bond donors (Lipinski definition) is 3. The van der Waals surface area contributed by atoms with Crippen LogP contribution in [0.1, 0.15) is 46.5 Å². The zero-order valence-electron chi connectivity index (χ0n) is 12.7. The highest BCUT2D eigenvalue weighted by molar-refractivity contribution is 5.96. The molecule has 0 spiro atoms. The van der Waals surface area contributed by atoms with Gasteiger partial charge in [0.2, 0.25) is 0 Å². The Kier molecular flexibility index (Phi) is 6.42. The van der Waals surface area contributed by atoms with E-state index in [-0.39, 0.29) is 0 Å². The summed E-state index contributed by atoms with van der Waals surface area (Å²) in [6.07, 6.45) is 3.16. The molecule has 0 aromatic heterocycles. The first kappa shape index (κ1) is 16.9. The summed E-state index contributed by atoms with van der Waals surface area (Å²) in [5, 5.41) is 4.78. The van der Waals surface area contributed by atoms with Crippen molar-refractivity contribution in [1.29, 1.82) is 0 Å². The Bertz CT molecular complexity index is 339. The third-order valence-corrected chi connectivity index (χ3v) is 3.93. The molecule has 0 aromatic carbocycles. The molecular formula is C14H27N3O3. The molecule has 0 radical (unpaired) electrons. The molecule has 3 amide bonds. The van der Waals surface area contributed by atoms with Crippen molar-refractivity contribution >= 4 is 11.9 Å². The lowest BCUT2D eigenvalue weighted by atomic mass is 9.79. The van der Waals surface area contributed by atoms with Gasteiger partial charge in [0.15, 0.2) is 0 Å². The fourth-order valence-electron chi connectivity index (χ4n) is 2.51. The normalized spacial score (nSPS) is 27.7. The quantitative estimate of drug-likeness (QED) is 0.706. The Labute approximate surface area is 120 Å². The van der Waals surface area contributed by atoms with Gasteiger partial charge in [-0.15, -0.1) is 0 Å². The van der Waals surface area contributed by atoms with E-state index >= 15 is 0 Å². The number of carbonyl (C=O) groups excluding carboxylic acids is 2. The van der Waals surface area contributed by atoms with Crippen LogP contribution in [0.4, 0.5) is 4.79 Å². The van der Waals surface area contributed by atoms with Crippen LogP contribution in [0.15, 0.2) is 0 Å². The summed E-state index contributed by atoms with van der Waals surface area (Å²) in [6.45, 7) is 6.53. The van der Waals surface area contributed by atoms with Gasteiger partial charge in [0.05, 0.1) is 5.60 Å². The van der Waals surface area contributed by atoms with Crippen molar-refractivity contribution in [3.63, 3.8) is 0 Å². The molecule has 0 bridgehead atoms. The van der Waals surface area contributed by atoms with Gasteiger partial charge in [-0.3, -0.25) is 10.1 Å². The number of hydrogen-bond acceptors (Lipinski definition) is 4. The van der Waals surface area contributed by atoms with Crippen molar-refractivity contribution in [3.8, 4) is 0 Å². The van der Waals surface area contributed by atoms with Gasteiger partial charge in [0.25, 0.3) is 5.91 Å². The van der Waals surface area contributed by atoms with E-state index in [2.05, 4.69) is 17.6 Å². The van der Waals surface area contributed by atoms with Crippen LogP contribution in [0, 0.1) is 5.92 Å². The maximum Gasteiger partial charge on any atom is 0.321 e. The SMILES string of the molecule is CCNC(=O)NC(=O)C(C)OC1(CN)CCC(C)CC1. The van der Waals surface area contributed by atoms with Gasteiger partial charge in [0.1, 0.15) is 6.10 Å². The summed E-state index contributed by atoms with van der Waals surface area (Å²) in [5.74, 6) is 0.250. The second kappa shape index (κ2) is 7.59. The number of carbonyl (C=O) groups is 2. The molecule has 116 valence electrons. The number of nitrogens with two attached hydrogens (primary N) is 1. The van der Waals surface area contributed by atoms with Gasteiger partial charge in [-0.25, -0.2) is 4.79 Å². The lowest BCUT2D eigenvalue weighted by molar-refractivity contribution is -0.149. The molecule has 20 heavy (non-hydrogen) atoms. The van der Waals surface area contributed by atoms with Gasteiger partial charge < -0.3 is 15.8 Å². The molecule has 1 unspecified atom stereocenters. The molecule has 6 nitrogen and oxygen atoms in total. The van der Waals surface area contributed by atoms with Crippen LogP contribution in [-0.2, 0) is 9.53 Å². The van der Waals surface area contributed by atoms with Crippen LogP contribution in [-0.4, -0.2) is 36.7 Å². The summed E-state index contributed by atoms with van der Waals surface area (Å²) in [5.41, 5.74) is 5.42. The molecule has 1 atom stereocenters. The first-order chi connectivity index (χ1) is 9.42. The van der Waals surface area contributed by atoms with Gasteiger partial charge >= 0.3 is 6.03 Å². The number of rotatable bonds is 5. The molecule has 0 saturated heterocycles. The minimum atomic E-state index is -0.686. The van der Waals surface area contributed by atoms with Crippen molar-refractivity contribution < 1.29 is 14.3 Å². The molecule has 1 fully saturated rings. The second-order valence-electron chi connectivity index (χ2n) is 5.68. The lowest BCUT2D eigenvalue weighted by Crippen LogP contribution is -2.51. The monoisotopic (exact) mass is 285 g/mol. The predicted molar refractivity (Wildman–Crippen MR) is 77.2 cm³/mol. The van der Waals surface area contributed by atoms with E-state index in [0.717, 1.165) is 25.7 Å². The Hall–Kier alpha value is -1.14. The largest absolute Gasteiger partial charge is 0.361 e. The van der Waals surface area contributed by atoms with Crippen LogP contribution in [0.25, 0.3) is 0 Å². The van der Waals surface area contributed by atoms with Crippen LogP contribution in [0.2, 0.25) is 0 Å². The molecule has 1 aliphatic rings. The third-order valence-electron chi connectivity index (χ3n) is 3.93. The molecule has 0 aliphatic heterocycles. The second-order valence-corrected chi connectivity index (χ2v) is 5.68. The van der Waals surface area contributed by atoms with Crippen molar-refractivity contribution in [2.45, 2.75) is 58.2 Å². The molecule has 6 heteroatoms. The van der Waals surface area contributed by atoms with E-state index in [9.17, 15) is 9.59 Å². The molecule has 4 N–H and O–H groups in total. The summed E-state index contributed by atoms with van der Waals surface area (Å²) >= 11 is 0. The van der Waals surface area contributed by atoms with Crippen LogP contribution in [0.5, 0.6) is 0 Å². The number of ether oxygens (including phenoxy) is 1. The average Bonchev–Trinajstić information content (AvgIpc) is 2.41. The zero-order chi connectivity index (χ0) is 15.2. The molecule has 1 saturated carbocycles. The van der Waals surface area contributed by atoms with Gasteiger partial charge in [-0.1, -0.05) is 6.92 Å². The first-order valence-corrected chi connectivity index (χ1v) is 7.39. The fourth-order valence-corrected chi connectivity index (χ4v) is 2.51. The third kappa shape index (κ3) is 4.76. The van der Waals surface area contributed by atoms with Crippen molar-refractivity contribution in [2.75, 3.05) is 13.1 Å². The minimum Gasteiger partial charge on any atom is -0.361 e. The molecule has 1 rings (SSSR count). The fraction of sp³-hybridized carbons (Fsp3) is 0.857. The maximum atomic E-state index is 11.9. The van der Waals surface area contributed by atoms with Crippen LogP contribution in [0.3, 0.4) is 0 Å². The first-order valence-electron chi connectivity index (χ1n) is 7.39. The number of urea groups is 1. The van der Waals surface area contributed by atoms with Gasteiger partial charge in [-0.2, -0.15) is 0 Å². The van der Waals surface area contributed by atoms with Gasteiger partial charge in [0, 0.05) is 13.1 Å². The molecule has 0 aromatic rings. The topological polar surface area (TPSA) is 93.5 Å². The van der Waals surface area contributed by atoms with E-state index in [1.165, 1.54) is 0 Å². The highest BCUT2D eigenvalue weighted by Gasteiger charge is 2.36. The summed E-state index contributed by atoms with van der Waals surface area (Å²) in [7, 11) is 0. The van der Waals surface area contributed by atoms with Crippen LogP contribution >= 0.6 is 0 Å². The number of nitrogens with one attached hydrogen (secondary N) is 2. The van der Waals surface area contributed by atoms with E-state index in [1.807, 2.05) is 0 Å². The highest BCUT2D eigenvalue weighted by Crippen LogP contribution is 2.34. The van der Waals surface area contributed by atoms with Crippen molar-refractivity contribution in [3.05, 3.63) is 0 Å². The van der Waals surface area contributed by atoms with Crippen LogP contribution < -0.4 is 16.4 Å². The standard InChI is InChI=1S/C14H27N3O3/c1-4-16-13(19)17-12(18)11(3)20-14(9-15)7-5-10(2)6-8-14/h10-11H,4-9,15H2,1-3H3,(H2,16,17,18,19). The van der Waals surface area contributed by atoms with Crippen molar-refractivity contribution in [2.24, 2.45) is 11.7 Å². The summed E-state index contributed by atoms with van der Waals surface area (Å²) in [6, 6.07) is -0.494. The summed E-state index contributed by atoms with van der Waals surface area (Å²) < 4.78 is 5.90. The van der Waals surface area contributed by atoms with E-state index in [4.69, 9.17) is 10.5 Å². The number of imide groups is 1. The van der Waals surface area contributed by atoms with Gasteiger partial charge in [-0.05, 0) is 45.4 Å². The van der Waals surface area contributed by atoms with E-state index in [1.54, 1.807) is 13.8 Å². The summed E-state index contributed by atoms with van der Waals surface area (Å²) in [4.78, 5) is 23.2. The Morgan fingerprint density at radius 1 is 1.40 bits per heavy atom. The maximum absolute atomic E-state index is 11.9. The Morgan fingerprint density at radius 2 is 2.00 bits per heavy atom. The van der Waals surface area contributed by atoms with E-state index in [0.29, 0.717) is 19.0 Å². The molecule has 0 heterocycles. The smallest absolute Gasteiger partial charge is 0.321 e. The average molecular weight is 285 g/mol. The zero-order valence-corrected chi connectivity index (χ0v) is 12.7. The number of amides is 3. The van der Waals surface area contributed by atoms with Crippen molar-refractivity contribution in [1.82, 2.24) is 10.6 Å². The lowest BCUT2D eigenvalue weighted by Gasteiger charge is -2.40. The predicted octanol–water partition coefficient (Wildman–Crippen LogP) is 1.14. The molecular weight excluding hydrogens is 258 g/mol. The Morgan fingerprint density at radius 3 is 2.50 bits per heavy atom. The highest BCUT2D eigenvalue weighted by atomic mass is 16.5. The molecule has 1 aliphatic carbocycles. The minimum absolute atomic E-state index is 0.401. The van der Waals surface area contributed by atoms with E-state index < -0.39 is 23.6 Å². The Balaban J connectivity index is 2.52.